The first-order chi connectivity index (χ1) is 6.03. The van der Waals surface area contributed by atoms with Gasteiger partial charge in [-0.2, -0.15) is 4.31 Å². The van der Waals surface area contributed by atoms with E-state index < -0.39 is 21.7 Å². The molecule has 0 saturated heterocycles. The smallest absolute Gasteiger partial charge is 0.302 e. The summed E-state index contributed by atoms with van der Waals surface area (Å²) in [6.45, 7) is 4.95. The molecule has 9 heteroatoms. The van der Waals surface area contributed by atoms with E-state index >= 15 is 0 Å². The molecule has 2 unspecified atom stereocenters. The highest BCUT2D eigenvalue weighted by atomic mass is 31.3. The monoisotopic (exact) mass is 248 g/mol. The topological polar surface area (TPSA) is 113 Å². The molecule has 14 heavy (non-hydrogen) atoms. The van der Waals surface area contributed by atoms with Crippen LogP contribution in [-0.4, -0.2) is 20.8 Å². The molecule has 86 valence electrons. The zero-order chi connectivity index (χ0) is 11.6. The maximum absolute atomic E-state index is 11.0. The first-order valence-electron chi connectivity index (χ1n) is 3.81. The van der Waals surface area contributed by atoms with Crippen molar-refractivity contribution in [3.8, 4) is 0 Å². The molecule has 0 aromatic rings. The van der Waals surface area contributed by atoms with Gasteiger partial charge in [0.15, 0.2) is 0 Å². The maximum Gasteiger partial charge on any atom is 0.481 e. The third kappa shape index (κ3) is 6.68. The van der Waals surface area contributed by atoms with Crippen LogP contribution < -0.4 is 0 Å². The van der Waals surface area contributed by atoms with Crippen molar-refractivity contribution in [2.75, 3.05) is 0 Å². The summed E-state index contributed by atoms with van der Waals surface area (Å²) in [4.78, 5) is 25.5. The molecule has 0 rings (SSSR count). The number of phosphoric acid groups is 2. The van der Waals surface area contributed by atoms with Crippen LogP contribution in [0.15, 0.2) is 0 Å². The predicted molar refractivity (Wildman–Crippen MR) is 48.3 cm³/mol. The summed E-state index contributed by atoms with van der Waals surface area (Å²) in [5.41, 5.74) is 0. The summed E-state index contributed by atoms with van der Waals surface area (Å²) in [6, 6.07) is 0. The van der Waals surface area contributed by atoms with E-state index in [1.807, 2.05) is 0 Å². The molecule has 0 aromatic heterocycles. The van der Waals surface area contributed by atoms with Gasteiger partial charge in [0, 0.05) is 0 Å². The Hall–Kier alpha value is 0.260. The first kappa shape index (κ1) is 14.3. The van der Waals surface area contributed by atoms with Crippen molar-refractivity contribution in [2.45, 2.75) is 26.9 Å². The molecule has 7 nitrogen and oxygen atoms in total. The van der Waals surface area contributed by atoms with Gasteiger partial charge in [0.2, 0.25) is 0 Å². The lowest BCUT2D eigenvalue weighted by atomic mass is 10.1. The molecule has 0 bridgehead atoms. The second kappa shape index (κ2) is 4.86. The van der Waals surface area contributed by atoms with Crippen molar-refractivity contribution in [2.24, 2.45) is 5.92 Å². The van der Waals surface area contributed by atoms with Crippen LogP contribution in [0.3, 0.4) is 0 Å². The zero-order valence-electron chi connectivity index (χ0n) is 8.02. The van der Waals surface area contributed by atoms with Crippen LogP contribution in [0.4, 0.5) is 0 Å². The highest BCUT2D eigenvalue weighted by molar-refractivity contribution is 7.60. The van der Waals surface area contributed by atoms with Gasteiger partial charge in [-0.25, -0.2) is 9.13 Å². The molecule has 0 amide bonds. The minimum absolute atomic E-state index is 0.0733. The first-order valence-corrected chi connectivity index (χ1v) is 6.84. The van der Waals surface area contributed by atoms with E-state index in [1.54, 1.807) is 13.8 Å². The van der Waals surface area contributed by atoms with Crippen molar-refractivity contribution >= 4 is 15.6 Å². The number of phosphoric ester groups is 1. The van der Waals surface area contributed by atoms with E-state index in [1.165, 1.54) is 6.92 Å². The number of hydrogen-bond donors (Lipinski definition) is 3. The quantitative estimate of drug-likeness (QED) is 0.627. The third-order valence-corrected chi connectivity index (χ3v) is 3.72. The average Bonchev–Trinajstić information content (AvgIpc) is 1.78. The normalized spacial score (nSPS) is 19.4. The minimum atomic E-state index is -5.01. The minimum Gasteiger partial charge on any atom is -0.302 e. The van der Waals surface area contributed by atoms with Gasteiger partial charge in [-0.1, -0.05) is 13.8 Å². The van der Waals surface area contributed by atoms with E-state index in [0.29, 0.717) is 0 Å². The summed E-state index contributed by atoms with van der Waals surface area (Å²) >= 11 is 0. The molecule has 0 saturated carbocycles. The fourth-order valence-electron chi connectivity index (χ4n) is 0.485. The van der Waals surface area contributed by atoms with Gasteiger partial charge in [0.05, 0.1) is 6.10 Å². The van der Waals surface area contributed by atoms with E-state index in [9.17, 15) is 9.13 Å². The second-order valence-corrected chi connectivity index (χ2v) is 5.88. The molecule has 0 aliphatic carbocycles. The number of rotatable bonds is 5. The Morgan fingerprint density at radius 1 is 1.07 bits per heavy atom. The summed E-state index contributed by atoms with van der Waals surface area (Å²) in [5, 5.41) is 0. The van der Waals surface area contributed by atoms with Crippen LogP contribution in [0.25, 0.3) is 0 Å². The Bertz CT molecular complexity index is 269. The van der Waals surface area contributed by atoms with Crippen LogP contribution in [0.5, 0.6) is 0 Å². The average molecular weight is 248 g/mol. The van der Waals surface area contributed by atoms with Crippen molar-refractivity contribution < 1.29 is 32.6 Å². The van der Waals surface area contributed by atoms with Crippen LogP contribution in [0, 0.1) is 5.92 Å². The van der Waals surface area contributed by atoms with Crippen molar-refractivity contribution in [1.29, 1.82) is 0 Å². The van der Waals surface area contributed by atoms with Crippen LogP contribution in [0.1, 0.15) is 20.8 Å². The lowest BCUT2D eigenvalue weighted by Crippen LogP contribution is -2.14. The molecule has 2 atom stereocenters. The molecule has 3 N–H and O–H groups in total. The maximum atomic E-state index is 11.0. The largest absolute Gasteiger partial charge is 0.481 e. The predicted octanol–water partition coefficient (Wildman–Crippen LogP) is 1.26. The van der Waals surface area contributed by atoms with Gasteiger partial charge in [0.25, 0.3) is 0 Å². The van der Waals surface area contributed by atoms with Crippen LogP contribution >= 0.6 is 15.6 Å². The molecule has 0 radical (unpaired) electrons. The van der Waals surface area contributed by atoms with Gasteiger partial charge in [-0.15, -0.1) is 0 Å². The Morgan fingerprint density at radius 2 is 1.50 bits per heavy atom. The summed E-state index contributed by atoms with van der Waals surface area (Å²) in [5.74, 6) is -0.0733. The Balaban J connectivity index is 4.36. The summed E-state index contributed by atoms with van der Waals surface area (Å²) in [6.07, 6.45) is -0.641. The second-order valence-electron chi connectivity index (χ2n) is 3.10. The molecule has 0 aliphatic heterocycles. The molecule has 0 fully saturated rings. The lowest BCUT2D eigenvalue weighted by Gasteiger charge is -2.19. The molecule has 0 heterocycles. The standard InChI is InChI=1S/C5H14O7P2/c1-4(2)5(3)11-14(9,10)12-13(6,7)8/h4-5H,1-3H3,(H,9,10)(H2,6,7,8). The fourth-order valence-corrected chi connectivity index (χ4v) is 2.38. The van der Waals surface area contributed by atoms with E-state index in [-0.39, 0.29) is 5.92 Å². The van der Waals surface area contributed by atoms with Crippen molar-refractivity contribution in [3.63, 3.8) is 0 Å². The van der Waals surface area contributed by atoms with Crippen LogP contribution in [-0.2, 0) is 18.0 Å². The highest BCUT2D eigenvalue weighted by Gasteiger charge is 2.34. The van der Waals surface area contributed by atoms with E-state index in [4.69, 9.17) is 14.7 Å². The Morgan fingerprint density at radius 3 is 1.79 bits per heavy atom. The fraction of sp³-hybridized carbons (Fsp3) is 1.00. The lowest BCUT2D eigenvalue weighted by molar-refractivity contribution is 0.109. The van der Waals surface area contributed by atoms with Crippen LogP contribution in [0.2, 0.25) is 0 Å². The van der Waals surface area contributed by atoms with Crippen molar-refractivity contribution in [1.82, 2.24) is 0 Å². The van der Waals surface area contributed by atoms with Gasteiger partial charge in [-0.3, -0.25) is 4.52 Å². The third-order valence-electron chi connectivity index (χ3n) is 1.45. The van der Waals surface area contributed by atoms with E-state index in [2.05, 4.69) is 8.83 Å². The molecule has 0 spiro atoms. The van der Waals surface area contributed by atoms with Gasteiger partial charge in [0.1, 0.15) is 0 Å². The van der Waals surface area contributed by atoms with E-state index in [0.717, 1.165) is 0 Å². The summed E-state index contributed by atoms with van der Waals surface area (Å²) in [7, 11) is -9.70. The highest BCUT2D eigenvalue weighted by Crippen LogP contribution is 2.58. The molecular formula is C5H14O7P2. The zero-order valence-corrected chi connectivity index (χ0v) is 9.81. The van der Waals surface area contributed by atoms with Crippen molar-refractivity contribution in [3.05, 3.63) is 0 Å². The molecule has 0 aliphatic rings. The summed E-state index contributed by atoms with van der Waals surface area (Å²) < 4.78 is 29.3. The van der Waals surface area contributed by atoms with Gasteiger partial charge < -0.3 is 14.7 Å². The molecular weight excluding hydrogens is 234 g/mol. The number of hydrogen-bond acceptors (Lipinski definition) is 4. The van der Waals surface area contributed by atoms with Gasteiger partial charge in [-0.05, 0) is 12.8 Å². The Labute approximate surface area is 81.9 Å². The molecule has 0 aromatic carbocycles. The Kier molecular flexibility index (Phi) is 4.95. The van der Waals surface area contributed by atoms with Gasteiger partial charge >= 0.3 is 15.6 Å². The SMILES string of the molecule is CC(C)C(C)OP(=O)(O)OP(=O)(O)O.